The summed E-state index contributed by atoms with van der Waals surface area (Å²) in [7, 11) is 0. The average Bonchev–Trinajstić information content (AvgIpc) is 2.72. The molecule has 4 nitrogen and oxygen atoms in total. The number of rotatable bonds is 7. The van der Waals surface area contributed by atoms with Gasteiger partial charge in [0.25, 0.3) is 0 Å². The molecule has 0 heterocycles. The van der Waals surface area contributed by atoms with Gasteiger partial charge in [-0.15, -0.1) is 0 Å². The third-order valence-corrected chi connectivity index (χ3v) is 6.23. The van der Waals surface area contributed by atoms with Crippen LogP contribution >= 0.6 is 0 Å². The van der Waals surface area contributed by atoms with Crippen LogP contribution in [0.4, 0.5) is 0 Å². The third-order valence-electron chi connectivity index (χ3n) is 6.23. The molecule has 1 aliphatic carbocycles. The van der Waals surface area contributed by atoms with Crippen molar-refractivity contribution in [3.05, 3.63) is 70.3 Å². The van der Waals surface area contributed by atoms with Gasteiger partial charge in [0.05, 0.1) is 6.42 Å². The van der Waals surface area contributed by atoms with Crippen molar-refractivity contribution in [1.29, 1.82) is 0 Å². The van der Waals surface area contributed by atoms with Crippen LogP contribution in [0.5, 0.6) is 0 Å². The summed E-state index contributed by atoms with van der Waals surface area (Å²) < 4.78 is 0. The van der Waals surface area contributed by atoms with E-state index in [0.717, 1.165) is 47.9 Å². The molecule has 0 saturated heterocycles. The summed E-state index contributed by atoms with van der Waals surface area (Å²) in [6.07, 6.45) is 5.95. The number of aryl methyl sites for hydroxylation is 3. The van der Waals surface area contributed by atoms with Crippen molar-refractivity contribution < 1.29 is 9.59 Å². The predicted octanol–water partition coefficient (Wildman–Crippen LogP) is 5.02. The highest BCUT2D eigenvalue weighted by molar-refractivity contribution is 5.88. The molecule has 0 aliphatic heterocycles. The van der Waals surface area contributed by atoms with Crippen LogP contribution in [-0.4, -0.2) is 28.8 Å². The Bertz CT molecular complexity index is 878. The first-order valence-corrected chi connectivity index (χ1v) is 11.5. The molecule has 2 aromatic carbocycles. The second-order valence-corrected chi connectivity index (χ2v) is 9.20. The highest BCUT2D eigenvalue weighted by atomic mass is 16.2. The molecule has 2 aromatic rings. The van der Waals surface area contributed by atoms with E-state index in [4.69, 9.17) is 0 Å². The van der Waals surface area contributed by atoms with E-state index in [2.05, 4.69) is 35.6 Å². The Kier molecular flexibility index (Phi) is 7.89. The van der Waals surface area contributed by atoms with Crippen molar-refractivity contribution in [1.82, 2.24) is 10.2 Å². The van der Waals surface area contributed by atoms with E-state index >= 15 is 0 Å². The van der Waals surface area contributed by atoms with Gasteiger partial charge in [-0.1, -0.05) is 78.4 Å². The minimum Gasteiger partial charge on any atom is -0.352 e. The molecule has 3 rings (SSSR count). The lowest BCUT2D eigenvalue weighted by Gasteiger charge is -2.31. The maximum absolute atomic E-state index is 13.4. The van der Waals surface area contributed by atoms with Crippen LogP contribution in [0, 0.1) is 20.8 Å². The molecule has 2 amide bonds. The molecule has 0 spiro atoms. The number of carbonyl (C=O) groups excluding carboxylic acids is 2. The van der Waals surface area contributed by atoms with Gasteiger partial charge in [-0.3, -0.25) is 9.59 Å². The molecular formula is C27H36N2O2. The molecule has 1 aliphatic rings. The highest BCUT2D eigenvalue weighted by Gasteiger charge is 2.28. The summed E-state index contributed by atoms with van der Waals surface area (Å²) >= 11 is 0. The number of nitrogens with one attached hydrogen (secondary N) is 1. The zero-order chi connectivity index (χ0) is 22.4. The molecule has 0 bridgehead atoms. The van der Waals surface area contributed by atoms with E-state index in [9.17, 15) is 9.59 Å². The molecule has 1 atom stereocenters. The molecule has 1 fully saturated rings. The fourth-order valence-electron chi connectivity index (χ4n) is 4.49. The van der Waals surface area contributed by atoms with Gasteiger partial charge in [-0.05, 0) is 51.7 Å². The summed E-state index contributed by atoms with van der Waals surface area (Å²) in [5, 5.41) is 3.20. The van der Waals surface area contributed by atoms with Gasteiger partial charge in [0.1, 0.15) is 6.04 Å². The minimum absolute atomic E-state index is 0.0168. The Morgan fingerprint density at radius 2 is 1.52 bits per heavy atom. The van der Waals surface area contributed by atoms with E-state index in [1.54, 1.807) is 4.90 Å². The molecule has 4 heteroatoms. The Balaban J connectivity index is 1.77. The molecule has 0 aromatic heterocycles. The zero-order valence-corrected chi connectivity index (χ0v) is 19.4. The van der Waals surface area contributed by atoms with Gasteiger partial charge in [-0.25, -0.2) is 0 Å². The average molecular weight is 421 g/mol. The minimum atomic E-state index is -0.512. The molecule has 1 unspecified atom stereocenters. The molecule has 166 valence electrons. The van der Waals surface area contributed by atoms with Crippen molar-refractivity contribution in [2.24, 2.45) is 0 Å². The summed E-state index contributed by atoms with van der Waals surface area (Å²) in [4.78, 5) is 28.2. The lowest BCUT2D eigenvalue weighted by atomic mass is 9.95. The highest BCUT2D eigenvalue weighted by Crippen LogP contribution is 2.19. The van der Waals surface area contributed by atoms with Crippen molar-refractivity contribution in [2.75, 3.05) is 0 Å². The second-order valence-electron chi connectivity index (χ2n) is 9.20. The lowest BCUT2D eigenvalue weighted by molar-refractivity contribution is -0.140. The van der Waals surface area contributed by atoms with E-state index in [0.29, 0.717) is 13.0 Å². The smallest absolute Gasteiger partial charge is 0.242 e. The van der Waals surface area contributed by atoms with Gasteiger partial charge in [0.2, 0.25) is 11.8 Å². The Morgan fingerprint density at radius 3 is 2.13 bits per heavy atom. The van der Waals surface area contributed by atoms with Crippen molar-refractivity contribution in [3.63, 3.8) is 0 Å². The maximum Gasteiger partial charge on any atom is 0.242 e. The summed E-state index contributed by atoms with van der Waals surface area (Å²) in [6.45, 7) is 8.43. The van der Waals surface area contributed by atoms with E-state index in [-0.39, 0.29) is 17.9 Å². The summed E-state index contributed by atoms with van der Waals surface area (Å²) in [5.41, 5.74) is 5.51. The van der Waals surface area contributed by atoms with Gasteiger partial charge in [0.15, 0.2) is 0 Å². The number of hydrogen-bond donors (Lipinski definition) is 1. The van der Waals surface area contributed by atoms with Crippen molar-refractivity contribution in [2.45, 2.75) is 84.8 Å². The Morgan fingerprint density at radius 1 is 0.903 bits per heavy atom. The molecule has 0 radical (unpaired) electrons. The largest absolute Gasteiger partial charge is 0.352 e. The van der Waals surface area contributed by atoms with Crippen LogP contribution in [0.15, 0.2) is 42.5 Å². The molecule has 31 heavy (non-hydrogen) atoms. The first kappa shape index (κ1) is 23.1. The molecule has 1 N–H and O–H groups in total. The number of benzene rings is 2. The van der Waals surface area contributed by atoms with Gasteiger partial charge in [-0.2, -0.15) is 0 Å². The van der Waals surface area contributed by atoms with Gasteiger partial charge < -0.3 is 10.2 Å². The van der Waals surface area contributed by atoms with Crippen molar-refractivity contribution in [3.8, 4) is 0 Å². The first-order chi connectivity index (χ1) is 14.8. The van der Waals surface area contributed by atoms with Crippen LogP contribution < -0.4 is 5.32 Å². The second kappa shape index (κ2) is 10.6. The van der Waals surface area contributed by atoms with Crippen LogP contribution in [0.1, 0.15) is 66.8 Å². The Hall–Kier alpha value is -2.62. The van der Waals surface area contributed by atoms with Crippen LogP contribution in [0.25, 0.3) is 0 Å². The normalized spacial score (nSPS) is 15.4. The first-order valence-electron chi connectivity index (χ1n) is 11.5. The number of nitrogens with zero attached hydrogens (tertiary/aromatic N) is 1. The number of carbonyl (C=O) groups is 2. The van der Waals surface area contributed by atoms with Gasteiger partial charge >= 0.3 is 0 Å². The quantitative estimate of drug-likeness (QED) is 0.684. The van der Waals surface area contributed by atoms with Crippen LogP contribution in [0.3, 0.4) is 0 Å². The number of hydrogen-bond acceptors (Lipinski definition) is 2. The van der Waals surface area contributed by atoms with Crippen LogP contribution in [0.2, 0.25) is 0 Å². The summed E-state index contributed by atoms with van der Waals surface area (Å²) in [6, 6.07) is 14.1. The molecule has 1 saturated carbocycles. The Labute approximate surface area is 187 Å². The monoisotopic (exact) mass is 420 g/mol. The fourth-order valence-corrected chi connectivity index (χ4v) is 4.49. The van der Waals surface area contributed by atoms with E-state index in [1.165, 1.54) is 12.0 Å². The standard InChI is InChI=1S/C27H36N2O2/c1-19-10-12-23(13-11-19)18-29(22(4)27(31)28-25-8-6-5-7-9-25)26(30)17-24-15-20(2)14-21(3)16-24/h10-16,22,25H,5-9,17-18H2,1-4H3,(H,28,31). The lowest BCUT2D eigenvalue weighted by Crippen LogP contribution is -2.50. The van der Waals surface area contributed by atoms with Crippen molar-refractivity contribution >= 4 is 11.8 Å². The topological polar surface area (TPSA) is 49.4 Å². The van der Waals surface area contributed by atoms with E-state index in [1.807, 2.05) is 39.8 Å². The maximum atomic E-state index is 13.4. The zero-order valence-electron chi connectivity index (χ0n) is 19.4. The molecular weight excluding hydrogens is 384 g/mol. The van der Waals surface area contributed by atoms with Gasteiger partial charge in [0, 0.05) is 12.6 Å². The predicted molar refractivity (Wildman–Crippen MR) is 126 cm³/mol. The third kappa shape index (κ3) is 6.68. The van der Waals surface area contributed by atoms with Crippen LogP contribution in [-0.2, 0) is 22.6 Å². The fraction of sp³-hybridized carbons (Fsp3) is 0.481. The summed E-state index contributed by atoms with van der Waals surface area (Å²) in [5.74, 6) is -0.0651. The SMILES string of the molecule is Cc1ccc(CN(C(=O)Cc2cc(C)cc(C)c2)C(C)C(=O)NC2CCCCC2)cc1. The number of amides is 2. The van der Waals surface area contributed by atoms with E-state index < -0.39 is 6.04 Å².